The van der Waals surface area contributed by atoms with Crippen molar-refractivity contribution in [1.82, 2.24) is 9.97 Å². The first kappa shape index (κ1) is 13.7. The van der Waals surface area contributed by atoms with Crippen LogP contribution in [0.4, 0.5) is 0 Å². The van der Waals surface area contributed by atoms with Gasteiger partial charge in [0.15, 0.2) is 0 Å². The first-order valence-corrected chi connectivity index (χ1v) is 8.02. The average Bonchev–Trinajstić information content (AvgIpc) is 3.21. The Morgan fingerprint density at radius 1 is 1.13 bits per heavy atom. The third-order valence-corrected chi connectivity index (χ3v) is 4.65. The fraction of sp³-hybridized carbons (Fsp3) is 0. The van der Waals surface area contributed by atoms with E-state index in [2.05, 4.69) is 11.1 Å². The molecule has 0 radical (unpaired) electrons. The fourth-order valence-corrected chi connectivity index (χ4v) is 3.44. The lowest BCUT2D eigenvalue weighted by molar-refractivity contribution is 0.100. The molecule has 0 aliphatic carbocycles. The number of nitrogens with zero attached hydrogens (tertiary/aromatic N) is 1. The van der Waals surface area contributed by atoms with Gasteiger partial charge < -0.3 is 10.7 Å². The molecule has 0 aliphatic heterocycles. The van der Waals surface area contributed by atoms with E-state index >= 15 is 0 Å². The normalized spacial score (nSPS) is 11.0. The molecule has 0 saturated carbocycles. The molecule has 0 unspecified atom stereocenters. The van der Waals surface area contributed by atoms with Crippen LogP contribution < -0.4 is 5.73 Å². The van der Waals surface area contributed by atoms with Crippen LogP contribution in [0.25, 0.3) is 32.7 Å². The zero-order valence-electron chi connectivity index (χ0n) is 12.1. The van der Waals surface area contributed by atoms with Gasteiger partial charge in [-0.3, -0.25) is 4.79 Å². The highest BCUT2D eigenvalue weighted by atomic mass is 32.1. The molecule has 0 spiro atoms. The lowest BCUT2D eigenvalue weighted by Gasteiger charge is -1.99. The van der Waals surface area contributed by atoms with Gasteiger partial charge in [0.25, 0.3) is 0 Å². The molecule has 2 aromatic carbocycles. The van der Waals surface area contributed by atoms with Crippen LogP contribution in [0.3, 0.4) is 0 Å². The average molecular weight is 319 g/mol. The van der Waals surface area contributed by atoms with Crippen LogP contribution in [0.5, 0.6) is 0 Å². The molecule has 3 N–H and O–H groups in total. The molecule has 23 heavy (non-hydrogen) atoms. The molecule has 112 valence electrons. The summed E-state index contributed by atoms with van der Waals surface area (Å²) in [4.78, 5) is 19.3. The molecule has 4 rings (SSSR count). The number of aromatic nitrogens is 2. The Morgan fingerprint density at radius 3 is 2.87 bits per heavy atom. The van der Waals surface area contributed by atoms with E-state index < -0.39 is 5.91 Å². The molecular weight excluding hydrogens is 306 g/mol. The molecule has 0 bridgehead atoms. The number of benzene rings is 2. The summed E-state index contributed by atoms with van der Waals surface area (Å²) in [6, 6.07) is 15.4. The fourth-order valence-electron chi connectivity index (χ4n) is 2.62. The van der Waals surface area contributed by atoms with E-state index in [1.165, 1.54) is 0 Å². The number of amides is 1. The zero-order valence-corrected chi connectivity index (χ0v) is 12.9. The number of nitrogens with two attached hydrogens (primary N) is 1. The second kappa shape index (κ2) is 5.37. The number of hydrogen-bond acceptors (Lipinski definition) is 3. The van der Waals surface area contributed by atoms with Crippen molar-refractivity contribution < 1.29 is 4.79 Å². The number of rotatable bonds is 3. The highest BCUT2D eigenvalue weighted by Crippen LogP contribution is 2.33. The second-order valence-corrected chi connectivity index (χ2v) is 6.09. The molecule has 4 aromatic rings. The summed E-state index contributed by atoms with van der Waals surface area (Å²) in [5.74, 6) is -0.430. The molecule has 0 saturated heterocycles. The second-order valence-electron chi connectivity index (χ2n) is 5.23. The monoisotopic (exact) mass is 319 g/mol. The number of fused-ring (bicyclic) bond motifs is 1. The van der Waals surface area contributed by atoms with Gasteiger partial charge in [0.2, 0.25) is 5.91 Å². The molecule has 5 heteroatoms. The van der Waals surface area contributed by atoms with E-state index in [0.29, 0.717) is 5.56 Å². The van der Waals surface area contributed by atoms with E-state index in [-0.39, 0.29) is 0 Å². The standard InChI is InChI=1S/C18H13N3OS/c19-17(22)11-4-3-5-12(8-11)18-21-16(10-23-18)14-9-20-15-7-2-1-6-13(14)15/h1-10,20H,(H2,19,22). The third-order valence-electron chi connectivity index (χ3n) is 3.76. The van der Waals surface area contributed by atoms with Gasteiger partial charge in [-0.25, -0.2) is 4.98 Å². The Balaban J connectivity index is 1.77. The number of carbonyl (C=O) groups excluding carboxylic acids is 1. The number of thiazole rings is 1. The van der Waals surface area contributed by atoms with Gasteiger partial charge >= 0.3 is 0 Å². The quantitative estimate of drug-likeness (QED) is 0.598. The van der Waals surface area contributed by atoms with E-state index in [9.17, 15) is 4.79 Å². The van der Waals surface area contributed by atoms with Crippen molar-refractivity contribution >= 4 is 28.1 Å². The Morgan fingerprint density at radius 2 is 2.00 bits per heavy atom. The van der Waals surface area contributed by atoms with Crippen LogP contribution in [0.15, 0.2) is 60.1 Å². The van der Waals surface area contributed by atoms with Gasteiger partial charge in [-0.15, -0.1) is 11.3 Å². The summed E-state index contributed by atoms with van der Waals surface area (Å²) in [6.07, 6.45) is 1.98. The summed E-state index contributed by atoms with van der Waals surface area (Å²) in [5.41, 5.74) is 9.83. The topological polar surface area (TPSA) is 71.8 Å². The molecule has 0 atom stereocenters. The molecule has 1 amide bonds. The number of nitrogens with one attached hydrogen (secondary N) is 1. The Hall–Kier alpha value is -2.92. The van der Waals surface area contributed by atoms with Crippen molar-refractivity contribution in [3.63, 3.8) is 0 Å². The van der Waals surface area contributed by atoms with Crippen molar-refractivity contribution in [3.8, 4) is 21.8 Å². The minimum Gasteiger partial charge on any atom is -0.366 e. The smallest absolute Gasteiger partial charge is 0.248 e. The highest BCUT2D eigenvalue weighted by molar-refractivity contribution is 7.13. The maximum Gasteiger partial charge on any atom is 0.248 e. The molecule has 2 aromatic heterocycles. The summed E-state index contributed by atoms with van der Waals surface area (Å²) < 4.78 is 0. The van der Waals surface area contributed by atoms with Crippen LogP contribution in [0, 0.1) is 0 Å². The van der Waals surface area contributed by atoms with Crippen molar-refractivity contribution in [2.24, 2.45) is 5.73 Å². The number of para-hydroxylation sites is 1. The number of aromatic amines is 1. The van der Waals surface area contributed by atoms with Crippen LogP contribution in [-0.4, -0.2) is 15.9 Å². The minimum absolute atomic E-state index is 0.430. The number of carbonyl (C=O) groups is 1. The molecule has 2 heterocycles. The largest absolute Gasteiger partial charge is 0.366 e. The van der Waals surface area contributed by atoms with Crippen molar-refractivity contribution in [1.29, 1.82) is 0 Å². The predicted octanol–water partition coefficient (Wildman–Crippen LogP) is 4.06. The maximum atomic E-state index is 11.3. The Labute approximate surface area is 136 Å². The lowest BCUT2D eigenvalue weighted by atomic mass is 10.1. The van der Waals surface area contributed by atoms with Gasteiger partial charge in [-0.2, -0.15) is 0 Å². The summed E-state index contributed by atoms with van der Waals surface area (Å²) >= 11 is 1.55. The number of primary amides is 1. The van der Waals surface area contributed by atoms with Gasteiger partial charge in [0.1, 0.15) is 5.01 Å². The first-order valence-electron chi connectivity index (χ1n) is 7.14. The predicted molar refractivity (Wildman–Crippen MR) is 93.4 cm³/mol. The number of H-pyrrole nitrogens is 1. The molecule has 4 nitrogen and oxygen atoms in total. The van der Waals surface area contributed by atoms with Crippen molar-refractivity contribution in [3.05, 3.63) is 65.7 Å². The number of hydrogen-bond donors (Lipinski definition) is 2. The van der Waals surface area contributed by atoms with Gasteiger partial charge in [-0.1, -0.05) is 30.3 Å². The van der Waals surface area contributed by atoms with Crippen LogP contribution in [-0.2, 0) is 0 Å². The summed E-state index contributed by atoms with van der Waals surface area (Å²) in [7, 11) is 0. The summed E-state index contributed by atoms with van der Waals surface area (Å²) in [6.45, 7) is 0. The SMILES string of the molecule is NC(=O)c1cccc(-c2nc(-c3c[nH]c4ccccc34)cs2)c1. The van der Waals surface area contributed by atoms with Gasteiger partial charge in [0, 0.05) is 39.2 Å². The van der Waals surface area contributed by atoms with Crippen molar-refractivity contribution in [2.45, 2.75) is 0 Å². The lowest BCUT2D eigenvalue weighted by Crippen LogP contribution is -2.10. The van der Waals surface area contributed by atoms with Crippen LogP contribution in [0.1, 0.15) is 10.4 Å². The van der Waals surface area contributed by atoms with E-state index in [1.54, 1.807) is 23.5 Å². The van der Waals surface area contributed by atoms with Gasteiger partial charge in [0.05, 0.1) is 5.69 Å². The molecule has 0 fully saturated rings. The van der Waals surface area contributed by atoms with Crippen LogP contribution in [0.2, 0.25) is 0 Å². The maximum absolute atomic E-state index is 11.3. The first-order chi connectivity index (χ1) is 11.2. The van der Waals surface area contributed by atoms with Crippen LogP contribution >= 0.6 is 11.3 Å². The Kier molecular flexibility index (Phi) is 3.20. The zero-order chi connectivity index (χ0) is 15.8. The summed E-state index contributed by atoms with van der Waals surface area (Å²) in [5, 5.41) is 4.05. The highest BCUT2D eigenvalue weighted by Gasteiger charge is 2.11. The van der Waals surface area contributed by atoms with E-state index in [0.717, 1.165) is 32.7 Å². The van der Waals surface area contributed by atoms with Gasteiger partial charge in [-0.05, 0) is 18.2 Å². The van der Waals surface area contributed by atoms with Crippen molar-refractivity contribution in [2.75, 3.05) is 0 Å². The van der Waals surface area contributed by atoms with E-state index in [1.807, 2.05) is 41.9 Å². The molecule has 0 aliphatic rings. The third kappa shape index (κ3) is 2.41. The molecular formula is C18H13N3OS. The minimum atomic E-state index is -0.430. The van der Waals surface area contributed by atoms with E-state index in [4.69, 9.17) is 10.7 Å². The Bertz CT molecular complexity index is 1020.